The molecule has 0 aliphatic carbocycles. The zero-order valence-corrected chi connectivity index (χ0v) is 32.0. The number of aromatic nitrogens is 5. The van der Waals surface area contributed by atoms with Crippen LogP contribution in [0.5, 0.6) is 11.5 Å². The number of nitrogens with zero attached hydrogens (tertiary/aromatic N) is 7. The number of phenols is 2. The van der Waals surface area contributed by atoms with Gasteiger partial charge >= 0.3 is 5.97 Å². The number of hydroxylamine groups is 1. The number of carboxylic acids is 1. The molecular formula is C31H30N12O11S3. The van der Waals surface area contributed by atoms with Crippen LogP contribution in [0.4, 0.5) is 5.13 Å². The van der Waals surface area contributed by atoms with E-state index in [9.17, 15) is 44.1 Å². The fraction of sp³-hybridized carbons (Fsp3) is 0.258. The number of aryl methyl sites for hydroxylation is 1. The number of amides is 5. The Hall–Kier alpha value is -6.51. The number of β-lactam (4-membered cyclic amide) rings is 1. The van der Waals surface area contributed by atoms with E-state index in [2.05, 4.69) is 41.4 Å². The van der Waals surface area contributed by atoms with Crippen LogP contribution < -0.4 is 27.4 Å². The maximum atomic E-state index is 13.7. The molecule has 5 heterocycles. The molecule has 0 spiro atoms. The van der Waals surface area contributed by atoms with Gasteiger partial charge in [0, 0.05) is 28.5 Å². The molecule has 0 unspecified atom stereocenters. The molecule has 57 heavy (non-hydrogen) atoms. The summed E-state index contributed by atoms with van der Waals surface area (Å²) in [6.45, 7) is 4.15. The number of nitrogen functional groups attached to an aromatic ring is 1. The van der Waals surface area contributed by atoms with Crippen LogP contribution in [0.3, 0.4) is 0 Å². The number of hydrogen-bond donors (Lipinski definition) is 9. The first-order chi connectivity index (χ1) is 27.0. The largest absolute Gasteiger partial charge is 0.504 e. The van der Waals surface area contributed by atoms with Gasteiger partial charge in [-0.3, -0.25) is 44.9 Å². The summed E-state index contributed by atoms with van der Waals surface area (Å²) in [6.07, 6.45) is 0. The monoisotopic (exact) mass is 842 g/mol. The lowest BCUT2D eigenvalue weighted by Gasteiger charge is -2.49. The highest BCUT2D eigenvalue weighted by Crippen LogP contribution is 2.42. The molecule has 4 aromatic rings. The summed E-state index contributed by atoms with van der Waals surface area (Å²) in [4.78, 5) is 96.0. The Kier molecular flexibility index (Phi) is 11.2. The van der Waals surface area contributed by atoms with E-state index in [4.69, 9.17) is 15.8 Å². The molecule has 2 aliphatic rings. The summed E-state index contributed by atoms with van der Waals surface area (Å²) in [6, 6.07) is 3.38. The lowest BCUT2D eigenvalue weighted by Crippen LogP contribution is -2.71. The molecule has 0 bridgehead atoms. The Morgan fingerprint density at radius 1 is 1.07 bits per heavy atom. The van der Waals surface area contributed by atoms with Gasteiger partial charge in [-0.05, 0) is 44.5 Å². The molecule has 1 aromatic carbocycles. The van der Waals surface area contributed by atoms with Crippen molar-refractivity contribution in [1.29, 1.82) is 0 Å². The Balaban J connectivity index is 1.15. The van der Waals surface area contributed by atoms with E-state index in [1.54, 1.807) is 6.92 Å². The van der Waals surface area contributed by atoms with E-state index in [1.807, 2.05) is 0 Å². The second kappa shape index (κ2) is 15.9. The molecule has 23 nitrogen and oxygen atoms in total. The molecule has 1 fully saturated rings. The van der Waals surface area contributed by atoms with Crippen LogP contribution in [0.25, 0.3) is 5.78 Å². The number of thiazole rings is 1. The number of anilines is 1. The summed E-state index contributed by atoms with van der Waals surface area (Å²) in [5.41, 5.74) is 8.98. The van der Waals surface area contributed by atoms with Gasteiger partial charge in [0.25, 0.3) is 35.3 Å². The van der Waals surface area contributed by atoms with Crippen LogP contribution in [0.2, 0.25) is 0 Å². The first kappa shape index (κ1) is 40.2. The van der Waals surface area contributed by atoms with Crippen LogP contribution in [-0.2, 0) is 24.0 Å². The maximum Gasteiger partial charge on any atom is 0.352 e. The van der Waals surface area contributed by atoms with Crippen molar-refractivity contribution >= 4 is 87.0 Å². The van der Waals surface area contributed by atoms with Gasteiger partial charge in [0.15, 0.2) is 22.3 Å². The van der Waals surface area contributed by atoms with Gasteiger partial charge in [-0.2, -0.15) is 9.50 Å². The first-order valence-electron chi connectivity index (χ1n) is 16.1. The number of carboxylic acid groups (broad SMARTS) is 1. The number of aliphatic carboxylic acids is 1. The first-order valence-corrected chi connectivity index (χ1v) is 19.0. The van der Waals surface area contributed by atoms with Gasteiger partial charge in [-0.15, -0.1) is 40.0 Å². The van der Waals surface area contributed by atoms with Gasteiger partial charge in [0.05, 0.1) is 0 Å². The molecular weight excluding hydrogens is 813 g/mol. The van der Waals surface area contributed by atoms with Crippen LogP contribution >= 0.6 is 34.9 Å². The number of hydrazine groups is 1. The number of benzene rings is 1. The lowest BCUT2D eigenvalue weighted by molar-refractivity contribution is -0.150. The predicted octanol–water partition coefficient (Wildman–Crippen LogP) is -0.507. The summed E-state index contributed by atoms with van der Waals surface area (Å²) in [5, 5.41) is 50.0. The minimum Gasteiger partial charge on any atom is -0.504 e. The topological polar surface area (TPSA) is 338 Å². The molecule has 2 aliphatic heterocycles. The average Bonchev–Trinajstić information content (AvgIpc) is 3.78. The SMILES string of the molecule is Cc1nc2nc(C(=O)NO)cc(SCC3=C(C(=O)O)N4C(=O)[C@@H](NC(=O)C(=NOC(C)(C)C(=O)NNC(=O)c5ccc(O)c(O)c5)c5csc(N)n5)[C@H]4SC3)n2n1. The van der Waals surface area contributed by atoms with Crippen molar-refractivity contribution in [2.75, 3.05) is 17.2 Å². The smallest absolute Gasteiger partial charge is 0.352 e. The summed E-state index contributed by atoms with van der Waals surface area (Å²) in [7, 11) is 0. The third kappa shape index (κ3) is 8.23. The van der Waals surface area contributed by atoms with Crippen molar-refractivity contribution in [2.24, 2.45) is 5.16 Å². The van der Waals surface area contributed by atoms with E-state index in [0.29, 0.717) is 16.4 Å². The third-order valence-corrected chi connectivity index (χ3v) is 11.2. The van der Waals surface area contributed by atoms with Crippen molar-refractivity contribution < 1.29 is 54.1 Å². The Labute approximate surface area is 331 Å². The van der Waals surface area contributed by atoms with Crippen LogP contribution in [0, 0.1) is 6.92 Å². The minimum atomic E-state index is -1.84. The maximum absolute atomic E-state index is 13.7. The number of nitrogens with two attached hydrogens (primary N) is 1. The highest BCUT2D eigenvalue weighted by molar-refractivity contribution is 8.01. The zero-order chi connectivity index (χ0) is 41.3. The molecule has 6 rings (SSSR count). The summed E-state index contributed by atoms with van der Waals surface area (Å²) in [5.74, 6) is -6.21. The molecule has 2 atom stereocenters. The molecule has 26 heteroatoms. The molecule has 0 radical (unpaired) electrons. The van der Waals surface area contributed by atoms with E-state index < -0.39 is 69.7 Å². The van der Waals surface area contributed by atoms with Crippen LogP contribution in [-0.4, -0.2) is 120 Å². The van der Waals surface area contributed by atoms with E-state index in [1.165, 1.54) is 53.1 Å². The molecule has 298 valence electrons. The van der Waals surface area contributed by atoms with Crippen LogP contribution in [0.1, 0.15) is 46.2 Å². The lowest BCUT2D eigenvalue weighted by atomic mass is 10.0. The standard InChI is InChI=1S/C31H30N12O11S3/c1-11-33-30-35-14(23(47)40-53)7-18(43(30)39-11)55-8-13-9-56-26-20(25(49)42(26)21(13)27(50)51)36-24(48)19(15-10-57-29(32)34-15)41-54-31(2,3)28(52)38-37-22(46)12-4-5-16(44)17(45)6-12/h4-7,10,20,26,44-45,53H,8-9H2,1-3H3,(H2,32,34)(H,36,48)(H,37,46)(H,38,52)(H,40,47)(H,50,51)/t20-,26-/m1/s1. The molecule has 0 saturated carbocycles. The molecule has 1 saturated heterocycles. The van der Waals surface area contributed by atoms with Crippen molar-refractivity contribution in [1.82, 2.24) is 51.1 Å². The van der Waals surface area contributed by atoms with E-state index >= 15 is 0 Å². The number of aromatic hydroxyl groups is 2. The van der Waals surface area contributed by atoms with Gasteiger partial charge in [-0.1, -0.05) is 5.16 Å². The highest BCUT2D eigenvalue weighted by Gasteiger charge is 2.54. The Bertz CT molecular complexity index is 2410. The predicted molar refractivity (Wildman–Crippen MR) is 199 cm³/mol. The summed E-state index contributed by atoms with van der Waals surface area (Å²) < 4.78 is 1.35. The third-order valence-electron chi connectivity index (χ3n) is 8.07. The Morgan fingerprint density at radius 2 is 1.82 bits per heavy atom. The number of phenolic OH excluding ortho intramolecular Hbond substituents is 2. The number of hydrogen-bond acceptors (Lipinski definition) is 19. The van der Waals surface area contributed by atoms with Gasteiger partial charge in [0.2, 0.25) is 5.60 Å². The van der Waals surface area contributed by atoms with Gasteiger partial charge in [-0.25, -0.2) is 20.2 Å². The number of nitrogens with one attached hydrogen (secondary N) is 4. The minimum absolute atomic E-state index is 0.0349. The van der Waals surface area contributed by atoms with Crippen molar-refractivity contribution in [3.05, 3.63) is 63.7 Å². The van der Waals surface area contributed by atoms with E-state index in [-0.39, 0.29) is 45.1 Å². The van der Waals surface area contributed by atoms with Crippen molar-refractivity contribution in [2.45, 2.75) is 42.8 Å². The second-order valence-corrected chi connectivity index (χ2v) is 15.4. The fourth-order valence-corrected chi connectivity index (χ4v) is 8.21. The normalized spacial score (nSPS) is 16.7. The quantitative estimate of drug-likeness (QED) is 0.0165. The number of carbonyl (C=O) groups is 6. The molecule has 3 aromatic heterocycles. The van der Waals surface area contributed by atoms with Crippen LogP contribution in [0.15, 0.2) is 51.1 Å². The second-order valence-electron chi connectivity index (χ2n) is 12.4. The number of rotatable bonds is 12. The number of oxime groups is 1. The average molecular weight is 843 g/mol. The number of carbonyl (C=O) groups excluding carboxylic acids is 5. The summed E-state index contributed by atoms with van der Waals surface area (Å²) >= 11 is 3.24. The zero-order valence-electron chi connectivity index (χ0n) is 29.5. The van der Waals surface area contributed by atoms with Gasteiger partial charge < -0.3 is 31.2 Å². The number of fused-ring (bicyclic) bond motifs is 2. The van der Waals surface area contributed by atoms with E-state index in [0.717, 1.165) is 40.1 Å². The molecule has 5 amide bonds. The van der Waals surface area contributed by atoms with Crippen molar-refractivity contribution in [3.63, 3.8) is 0 Å². The number of thioether (sulfide) groups is 2. The fourth-order valence-electron chi connectivity index (χ4n) is 5.19. The van der Waals surface area contributed by atoms with Crippen molar-refractivity contribution in [3.8, 4) is 11.5 Å². The highest BCUT2D eigenvalue weighted by atomic mass is 32.2. The van der Waals surface area contributed by atoms with Gasteiger partial charge in [0.1, 0.15) is 39.4 Å². The Morgan fingerprint density at radius 3 is 2.49 bits per heavy atom. The molecule has 10 N–H and O–H groups in total.